The van der Waals surface area contributed by atoms with E-state index in [0.717, 1.165) is 9.13 Å². The van der Waals surface area contributed by atoms with Crippen molar-refractivity contribution in [2.24, 2.45) is 0 Å². The lowest BCUT2D eigenvalue weighted by molar-refractivity contribution is 0.0734. The van der Waals surface area contributed by atoms with Gasteiger partial charge in [-0.1, -0.05) is 6.07 Å². The van der Waals surface area contributed by atoms with Gasteiger partial charge in [-0.2, -0.15) is 0 Å². The van der Waals surface area contributed by atoms with Crippen molar-refractivity contribution in [3.05, 3.63) is 62.7 Å². The number of halogens is 1. The topological polar surface area (TPSA) is 43.4 Å². The summed E-state index contributed by atoms with van der Waals surface area (Å²) in [7, 11) is 0. The quantitative estimate of drug-likeness (QED) is 0.350. The normalized spacial score (nSPS) is 10.2. The van der Waals surface area contributed by atoms with E-state index >= 15 is 0 Å². The zero-order chi connectivity index (χ0) is 14.7. The van der Waals surface area contributed by atoms with Gasteiger partial charge in [0.15, 0.2) is 5.78 Å². The van der Waals surface area contributed by atoms with Gasteiger partial charge in [-0.3, -0.25) is 4.79 Å². The Labute approximate surface area is 131 Å². The zero-order valence-corrected chi connectivity index (χ0v) is 13.3. The number of Topliss-reactive ketones (excluding diaryl/α,β-unsaturated/α-hetero) is 1. The number of carbonyl (C=O) groups excluding carboxylic acids is 2. The fourth-order valence-corrected chi connectivity index (χ4v) is 2.16. The van der Waals surface area contributed by atoms with Gasteiger partial charge in [-0.15, -0.1) is 0 Å². The minimum Gasteiger partial charge on any atom is -0.423 e. The zero-order valence-electron chi connectivity index (χ0n) is 11.1. The molecule has 0 bridgehead atoms. The molecular weight excluding hydrogens is 367 g/mol. The Morgan fingerprint density at radius 2 is 1.60 bits per heavy atom. The molecule has 0 aliphatic heterocycles. The molecule has 102 valence electrons. The Balaban J connectivity index is 2.14. The number of hydrogen-bond donors (Lipinski definition) is 0. The number of rotatable bonds is 3. The van der Waals surface area contributed by atoms with Crippen LogP contribution in [-0.2, 0) is 0 Å². The van der Waals surface area contributed by atoms with Crippen LogP contribution in [0.15, 0.2) is 42.5 Å². The van der Waals surface area contributed by atoms with Gasteiger partial charge in [0.25, 0.3) is 0 Å². The third-order valence-electron chi connectivity index (χ3n) is 2.88. The van der Waals surface area contributed by atoms with E-state index in [1.165, 1.54) is 6.92 Å². The molecule has 4 heteroatoms. The number of ether oxygens (including phenoxy) is 1. The summed E-state index contributed by atoms with van der Waals surface area (Å²) in [5, 5.41) is 0. The Morgan fingerprint density at radius 1 is 1.00 bits per heavy atom. The molecule has 0 aliphatic carbocycles. The molecule has 2 rings (SSSR count). The Kier molecular flexibility index (Phi) is 4.54. The number of esters is 1. The second-order valence-electron chi connectivity index (χ2n) is 4.43. The van der Waals surface area contributed by atoms with Crippen LogP contribution in [0, 0.1) is 10.5 Å². The average molecular weight is 380 g/mol. The van der Waals surface area contributed by atoms with Crippen LogP contribution in [0.5, 0.6) is 5.75 Å². The van der Waals surface area contributed by atoms with Crippen molar-refractivity contribution in [2.75, 3.05) is 0 Å². The Bertz CT molecular complexity index is 660. The molecule has 0 saturated heterocycles. The van der Waals surface area contributed by atoms with Gasteiger partial charge in [-0.05, 0) is 78.4 Å². The predicted octanol–water partition coefficient (Wildman–Crippen LogP) is 4.02. The lowest BCUT2D eigenvalue weighted by Gasteiger charge is -2.06. The largest absolute Gasteiger partial charge is 0.423 e. The first-order valence-electron chi connectivity index (χ1n) is 6.06. The summed E-state index contributed by atoms with van der Waals surface area (Å²) in [5.74, 6) is 0.00467. The molecule has 0 atom stereocenters. The first kappa shape index (κ1) is 14.7. The Hall–Kier alpha value is -1.69. The fourth-order valence-electron chi connectivity index (χ4n) is 1.64. The van der Waals surface area contributed by atoms with Crippen LogP contribution in [-0.4, -0.2) is 11.8 Å². The highest BCUT2D eigenvalue weighted by Gasteiger charge is 2.10. The molecule has 0 fully saturated rings. The van der Waals surface area contributed by atoms with Gasteiger partial charge >= 0.3 is 5.97 Å². The second kappa shape index (κ2) is 6.17. The third kappa shape index (κ3) is 3.45. The Morgan fingerprint density at radius 3 is 2.15 bits per heavy atom. The van der Waals surface area contributed by atoms with Crippen LogP contribution in [0.4, 0.5) is 0 Å². The summed E-state index contributed by atoms with van der Waals surface area (Å²) in [6.07, 6.45) is 0. The molecule has 0 aromatic heterocycles. The van der Waals surface area contributed by atoms with Crippen LogP contribution in [0.3, 0.4) is 0 Å². The summed E-state index contributed by atoms with van der Waals surface area (Å²) in [4.78, 5) is 23.2. The number of hydrogen-bond acceptors (Lipinski definition) is 3. The third-order valence-corrected chi connectivity index (χ3v) is 4.04. The van der Waals surface area contributed by atoms with Crippen molar-refractivity contribution in [1.82, 2.24) is 0 Å². The van der Waals surface area contributed by atoms with Crippen molar-refractivity contribution in [1.29, 1.82) is 0 Å². The van der Waals surface area contributed by atoms with Crippen LogP contribution in [0.25, 0.3) is 0 Å². The maximum absolute atomic E-state index is 12.0. The van der Waals surface area contributed by atoms with Crippen molar-refractivity contribution >= 4 is 34.3 Å². The average Bonchev–Trinajstić information content (AvgIpc) is 2.42. The molecule has 20 heavy (non-hydrogen) atoms. The van der Waals surface area contributed by atoms with E-state index in [4.69, 9.17) is 4.74 Å². The summed E-state index contributed by atoms with van der Waals surface area (Å²) >= 11 is 2.18. The van der Waals surface area contributed by atoms with Crippen LogP contribution >= 0.6 is 22.6 Å². The van der Waals surface area contributed by atoms with Gasteiger partial charge in [0.2, 0.25) is 0 Å². The molecule has 0 radical (unpaired) electrons. The highest BCUT2D eigenvalue weighted by Crippen LogP contribution is 2.17. The molecule has 3 nitrogen and oxygen atoms in total. The SMILES string of the molecule is CC(=O)c1ccc(OC(=O)c2ccc(C)c(I)c2)cc1. The van der Waals surface area contributed by atoms with Crippen LogP contribution < -0.4 is 4.74 Å². The van der Waals surface area contributed by atoms with E-state index in [2.05, 4.69) is 22.6 Å². The van der Waals surface area contributed by atoms with E-state index in [-0.39, 0.29) is 5.78 Å². The lowest BCUT2D eigenvalue weighted by atomic mass is 10.1. The van der Waals surface area contributed by atoms with Gasteiger partial charge in [0, 0.05) is 9.13 Å². The monoisotopic (exact) mass is 380 g/mol. The smallest absolute Gasteiger partial charge is 0.343 e. The number of ketones is 1. The summed E-state index contributed by atoms with van der Waals surface area (Å²) < 4.78 is 6.29. The molecule has 0 unspecified atom stereocenters. The van der Waals surface area contributed by atoms with Gasteiger partial charge in [-0.25, -0.2) is 4.79 Å². The van der Waals surface area contributed by atoms with E-state index in [9.17, 15) is 9.59 Å². The van der Waals surface area contributed by atoms with Gasteiger partial charge in [0.05, 0.1) is 5.56 Å². The molecule has 0 heterocycles. The molecule has 0 amide bonds. The summed E-state index contributed by atoms with van der Waals surface area (Å²) in [5.41, 5.74) is 2.22. The molecule has 0 aliphatic rings. The van der Waals surface area contributed by atoms with Crippen molar-refractivity contribution in [3.8, 4) is 5.75 Å². The first-order chi connectivity index (χ1) is 9.47. The van der Waals surface area contributed by atoms with Gasteiger partial charge < -0.3 is 4.74 Å². The maximum Gasteiger partial charge on any atom is 0.343 e. The molecule has 0 saturated carbocycles. The lowest BCUT2D eigenvalue weighted by Crippen LogP contribution is -2.09. The van der Waals surface area contributed by atoms with Crippen LogP contribution in [0.2, 0.25) is 0 Å². The standard InChI is InChI=1S/C16H13IO3/c1-10-3-4-13(9-15(10)17)16(19)20-14-7-5-12(6-8-14)11(2)18/h3-9H,1-2H3. The summed E-state index contributed by atoms with van der Waals surface area (Å²) in [6.45, 7) is 3.48. The minimum absolute atomic E-state index is 0.0176. The fraction of sp³-hybridized carbons (Fsp3) is 0.125. The highest BCUT2D eigenvalue weighted by molar-refractivity contribution is 14.1. The van der Waals surface area contributed by atoms with Crippen LogP contribution in [0.1, 0.15) is 33.2 Å². The van der Waals surface area contributed by atoms with E-state index in [1.807, 2.05) is 13.0 Å². The summed E-state index contributed by atoms with van der Waals surface area (Å²) in [6, 6.07) is 11.9. The minimum atomic E-state index is -0.404. The van der Waals surface area contributed by atoms with E-state index in [1.54, 1.807) is 36.4 Å². The number of aryl methyl sites for hydroxylation is 1. The molecule has 0 spiro atoms. The molecule has 0 N–H and O–H groups in total. The van der Waals surface area contributed by atoms with Gasteiger partial charge in [0.1, 0.15) is 5.75 Å². The molecule has 2 aromatic carbocycles. The molecular formula is C16H13IO3. The van der Waals surface area contributed by atoms with E-state index < -0.39 is 5.97 Å². The highest BCUT2D eigenvalue weighted by atomic mass is 127. The number of carbonyl (C=O) groups is 2. The predicted molar refractivity (Wildman–Crippen MR) is 85.3 cm³/mol. The second-order valence-corrected chi connectivity index (χ2v) is 5.60. The van der Waals surface area contributed by atoms with E-state index in [0.29, 0.717) is 16.9 Å². The number of benzene rings is 2. The van der Waals surface area contributed by atoms with Crippen molar-refractivity contribution in [3.63, 3.8) is 0 Å². The van der Waals surface area contributed by atoms with Crippen molar-refractivity contribution in [2.45, 2.75) is 13.8 Å². The first-order valence-corrected chi connectivity index (χ1v) is 7.14. The molecule has 2 aromatic rings. The maximum atomic E-state index is 12.0. The van der Waals surface area contributed by atoms with Crippen molar-refractivity contribution < 1.29 is 14.3 Å².